The highest BCUT2D eigenvalue weighted by Gasteiger charge is 2.28. The molecule has 3 rings (SSSR count). The fourth-order valence-corrected chi connectivity index (χ4v) is 3.02. The Balaban J connectivity index is 1.85. The van der Waals surface area contributed by atoms with Crippen molar-refractivity contribution in [1.29, 1.82) is 0 Å². The molecule has 1 unspecified atom stereocenters. The standard InChI is InChI=1S/C19H21FN2O3/c1-12-10-16(18(23)21(3)13(12)2)19(24)22-8-9-25-17(11-22)14-4-6-15(20)7-5-14/h4-7,10,17H,8-9,11H2,1-3H3. The normalized spacial score (nSPS) is 17.6. The molecule has 0 bridgehead atoms. The molecule has 1 atom stereocenters. The van der Waals surface area contributed by atoms with Crippen LogP contribution in [0.5, 0.6) is 0 Å². The van der Waals surface area contributed by atoms with Gasteiger partial charge in [-0.3, -0.25) is 9.59 Å². The van der Waals surface area contributed by atoms with Gasteiger partial charge in [-0.2, -0.15) is 0 Å². The number of hydrogen-bond donors (Lipinski definition) is 0. The lowest BCUT2D eigenvalue weighted by Crippen LogP contribution is -2.44. The first-order valence-corrected chi connectivity index (χ1v) is 8.22. The molecule has 1 aromatic carbocycles. The summed E-state index contributed by atoms with van der Waals surface area (Å²) in [4.78, 5) is 26.9. The Morgan fingerprint density at radius 2 is 1.92 bits per heavy atom. The summed E-state index contributed by atoms with van der Waals surface area (Å²) in [5, 5.41) is 0. The molecular weight excluding hydrogens is 323 g/mol. The Kier molecular flexibility index (Phi) is 4.72. The zero-order valence-electron chi connectivity index (χ0n) is 14.6. The van der Waals surface area contributed by atoms with E-state index in [1.165, 1.54) is 16.7 Å². The van der Waals surface area contributed by atoms with Gasteiger partial charge in [-0.25, -0.2) is 4.39 Å². The number of hydrogen-bond acceptors (Lipinski definition) is 3. The molecule has 1 aliphatic heterocycles. The maximum absolute atomic E-state index is 13.1. The van der Waals surface area contributed by atoms with Crippen molar-refractivity contribution in [2.24, 2.45) is 7.05 Å². The topological polar surface area (TPSA) is 51.5 Å². The second-order valence-electron chi connectivity index (χ2n) is 6.35. The lowest BCUT2D eigenvalue weighted by Gasteiger charge is -2.33. The molecule has 5 nitrogen and oxygen atoms in total. The minimum absolute atomic E-state index is 0.172. The molecule has 0 N–H and O–H groups in total. The molecule has 1 aromatic heterocycles. The van der Waals surface area contributed by atoms with Crippen molar-refractivity contribution >= 4 is 5.91 Å². The van der Waals surface area contributed by atoms with Crippen LogP contribution in [0.1, 0.15) is 33.3 Å². The molecule has 1 saturated heterocycles. The number of halogens is 1. The first-order chi connectivity index (χ1) is 11.9. The van der Waals surface area contributed by atoms with E-state index in [0.29, 0.717) is 19.7 Å². The van der Waals surface area contributed by atoms with Crippen molar-refractivity contribution in [2.75, 3.05) is 19.7 Å². The fourth-order valence-electron chi connectivity index (χ4n) is 3.02. The van der Waals surface area contributed by atoms with Crippen LogP contribution >= 0.6 is 0 Å². The fraction of sp³-hybridized carbons (Fsp3) is 0.368. The number of benzene rings is 1. The Morgan fingerprint density at radius 1 is 1.24 bits per heavy atom. The van der Waals surface area contributed by atoms with Crippen LogP contribution < -0.4 is 5.56 Å². The lowest BCUT2D eigenvalue weighted by molar-refractivity contribution is -0.0229. The molecule has 1 fully saturated rings. The summed E-state index contributed by atoms with van der Waals surface area (Å²) < 4.78 is 20.3. The third kappa shape index (κ3) is 3.35. The van der Waals surface area contributed by atoms with Crippen LogP contribution in [-0.2, 0) is 11.8 Å². The summed E-state index contributed by atoms with van der Waals surface area (Å²) in [5.41, 5.74) is 2.43. The van der Waals surface area contributed by atoms with Crippen molar-refractivity contribution in [3.63, 3.8) is 0 Å². The van der Waals surface area contributed by atoms with Gasteiger partial charge in [0.05, 0.1) is 13.2 Å². The molecule has 1 amide bonds. The molecule has 2 heterocycles. The van der Waals surface area contributed by atoms with Crippen molar-refractivity contribution < 1.29 is 13.9 Å². The van der Waals surface area contributed by atoms with Gasteiger partial charge in [0.2, 0.25) is 0 Å². The van der Waals surface area contributed by atoms with E-state index in [9.17, 15) is 14.0 Å². The van der Waals surface area contributed by atoms with Gasteiger partial charge in [0, 0.05) is 19.3 Å². The van der Waals surface area contributed by atoms with Crippen LogP contribution in [0.2, 0.25) is 0 Å². The third-order valence-corrected chi connectivity index (χ3v) is 4.80. The summed E-state index contributed by atoms with van der Waals surface area (Å²) in [7, 11) is 1.67. The molecule has 6 heteroatoms. The predicted molar refractivity (Wildman–Crippen MR) is 92.2 cm³/mol. The van der Waals surface area contributed by atoms with E-state index >= 15 is 0 Å². The maximum atomic E-state index is 13.1. The summed E-state index contributed by atoms with van der Waals surface area (Å²) in [6.45, 7) is 4.86. The van der Waals surface area contributed by atoms with Crippen molar-refractivity contribution in [2.45, 2.75) is 20.0 Å². The molecule has 0 saturated carbocycles. The third-order valence-electron chi connectivity index (χ3n) is 4.80. The number of ether oxygens (including phenoxy) is 1. The second kappa shape index (κ2) is 6.80. The SMILES string of the molecule is Cc1cc(C(=O)N2CCOC(c3ccc(F)cc3)C2)c(=O)n(C)c1C. The number of nitrogens with zero attached hydrogens (tertiary/aromatic N) is 2. The van der Waals surface area contributed by atoms with Gasteiger partial charge >= 0.3 is 0 Å². The van der Waals surface area contributed by atoms with Crippen LogP contribution in [0, 0.1) is 19.7 Å². The number of amides is 1. The van der Waals surface area contributed by atoms with Crippen LogP contribution in [0.15, 0.2) is 35.1 Å². The Bertz CT molecular complexity index is 858. The van der Waals surface area contributed by atoms with E-state index < -0.39 is 0 Å². The van der Waals surface area contributed by atoms with Gasteiger partial charge < -0.3 is 14.2 Å². The lowest BCUT2D eigenvalue weighted by atomic mass is 10.1. The van der Waals surface area contributed by atoms with Gasteiger partial charge in [-0.1, -0.05) is 12.1 Å². The van der Waals surface area contributed by atoms with Gasteiger partial charge in [0.25, 0.3) is 11.5 Å². The molecule has 25 heavy (non-hydrogen) atoms. The van der Waals surface area contributed by atoms with Gasteiger partial charge in [-0.15, -0.1) is 0 Å². The van der Waals surface area contributed by atoms with Gasteiger partial charge in [-0.05, 0) is 43.2 Å². The smallest absolute Gasteiger partial charge is 0.263 e. The average molecular weight is 344 g/mol. The van der Waals surface area contributed by atoms with Crippen LogP contribution in [0.3, 0.4) is 0 Å². The van der Waals surface area contributed by atoms with E-state index in [4.69, 9.17) is 4.74 Å². The van der Waals surface area contributed by atoms with E-state index in [0.717, 1.165) is 16.8 Å². The average Bonchev–Trinajstić information content (AvgIpc) is 2.63. The summed E-state index contributed by atoms with van der Waals surface area (Å²) in [5.74, 6) is -0.606. The zero-order chi connectivity index (χ0) is 18.1. The molecule has 0 spiro atoms. The number of aromatic nitrogens is 1. The quantitative estimate of drug-likeness (QED) is 0.840. The van der Waals surface area contributed by atoms with E-state index in [1.54, 1.807) is 30.1 Å². The highest BCUT2D eigenvalue weighted by atomic mass is 19.1. The zero-order valence-corrected chi connectivity index (χ0v) is 14.6. The van der Waals surface area contributed by atoms with Gasteiger partial charge in [0.1, 0.15) is 17.5 Å². The molecule has 2 aromatic rings. The molecule has 0 radical (unpaired) electrons. The molecule has 0 aliphatic carbocycles. The van der Waals surface area contributed by atoms with Crippen LogP contribution in [0.25, 0.3) is 0 Å². The number of aryl methyl sites for hydroxylation is 1. The van der Waals surface area contributed by atoms with E-state index in [1.807, 2.05) is 13.8 Å². The Morgan fingerprint density at radius 3 is 2.60 bits per heavy atom. The number of carbonyl (C=O) groups is 1. The molecular formula is C19H21FN2O3. The molecule has 132 valence electrons. The minimum Gasteiger partial charge on any atom is -0.370 e. The number of rotatable bonds is 2. The van der Waals surface area contributed by atoms with Crippen LogP contribution in [0.4, 0.5) is 4.39 Å². The van der Waals surface area contributed by atoms with Crippen molar-refractivity contribution in [3.8, 4) is 0 Å². The number of morpholine rings is 1. The van der Waals surface area contributed by atoms with Crippen LogP contribution in [-0.4, -0.2) is 35.1 Å². The summed E-state index contributed by atoms with van der Waals surface area (Å²) in [6, 6.07) is 7.71. The number of carbonyl (C=O) groups excluding carboxylic acids is 1. The summed E-state index contributed by atoms with van der Waals surface area (Å²) >= 11 is 0. The minimum atomic E-state index is -0.325. The van der Waals surface area contributed by atoms with Gasteiger partial charge in [0.15, 0.2) is 0 Å². The Labute approximate surface area is 145 Å². The summed E-state index contributed by atoms with van der Waals surface area (Å²) in [6.07, 6.45) is -0.325. The number of pyridine rings is 1. The van der Waals surface area contributed by atoms with Crippen molar-refractivity contribution in [1.82, 2.24) is 9.47 Å². The second-order valence-corrected chi connectivity index (χ2v) is 6.35. The van der Waals surface area contributed by atoms with E-state index in [2.05, 4.69) is 0 Å². The van der Waals surface area contributed by atoms with E-state index in [-0.39, 0.29) is 29.0 Å². The Hall–Kier alpha value is -2.47. The first kappa shape index (κ1) is 17.4. The highest BCUT2D eigenvalue weighted by Crippen LogP contribution is 2.23. The van der Waals surface area contributed by atoms with Crippen molar-refractivity contribution in [3.05, 3.63) is 68.9 Å². The monoisotopic (exact) mass is 344 g/mol. The predicted octanol–water partition coefficient (Wildman–Crippen LogP) is 2.35. The highest BCUT2D eigenvalue weighted by molar-refractivity contribution is 5.94. The molecule has 1 aliphatic rings. The maximum Gasteiger partial charge on any atom is 0.263 e. The largest absolute Gasteiger partial charge is 0.370 e. The first-order valence-electron chi connectivity index (χ1n) is 8.22.